The standard InChI is InChI=1S/C16H21FN5O6P/c1-16(17)11-9(6-25-29(23,28-11)27-8-4-3-5-8)26-14(16)22-7-19-10-12(22)20-15(18)21-13(10)24-2/h7-9,11,14H,3-6H2,1-2H3,(H2,18,20,21)/t9-,11-,14-,16-,29?/m1/s1. The maximum absolute atomic E-state index is 15.9. The van der Waals surface area contributed by atoms with Gasteiger partial charge in [0, 0.05) is 0 Å². The third-order valence-corrected chi connectivity index (χ3v) is 7.01. The average molecular weight is 429 g/mol. The SMILES string of the molecule is COc1nc(N)nc2c1ncn2[C@@H]1O[C@@H]2COP(=O)(OC3CCC3)O[C@H]2[C@@]1(C)F. The van der Waals surface area contributed by atoms with Crippen LogP contribution >= 0.6 is 7.82 Å². The Hall–Kier alpha value is -1.85. The van der Waals surface area contributed by atoms with E-state index >= 15 is 4.39 Å². The van der Waals surface area contributed by atoms with Crippen LogP contribution in [-0.4, -0.2) is 57.2 Å². The molecule has 3 aliphatic rings. The quantitative estimate of drug-likeness (QED) is 0.721. The van der Waals surface area contributed by atoms with Crippen molar-refractivity contribution >= 4 is 24.9 Å². The van der Waals surface area contributed by atoms with Crippen molar-refractivity contribution in [3.8, 4) is 5.88 Å². The smallest absolute Gasteiger partial charge is 0.475 e. The first-order chi connectivity index (χ1) is 13.8. The number of anilines is 1. The van der Waals surface area contributed by atoms with Crippen LogP contribution in [0, 0.1) is 0 Å². The van der Waals surface area contributed by atoms with Crippen molar-refractivity contribution < 1.29 is 32.0 Å². The lowest BCUT2D eigenvalue weighted by Gasteiger charge is -2.36. The van der Waals surface area contributed by atoms with E-state index in [1.54, 1.807) is 0 Å². The number of phosphoric acid groups is 1. The summed E-state index contributed by atoms with van der Waals surface area (Å²) >= 11 is 0. The van der Waals surface area contributed by atoms with Crippen molar-refractivity contribution in [1.82, 2.24) is 19.5 Å². The molecule has 3 fully saturated rings. The summed E-state index contributed by atoms with van der Waals surface area (Å²) in [5.41, 5.74) is 4.22. The first-order valence-electron chi connectivity index (χ1n) is 9.30. The van der Waals surface area contributed by atoms with Crippen LogP contribution in [-0.2, 0) is 22.9 Å². The van der Waals surface area contributed by atoms with Gasteiger partial charge in [0.1, 0.15) is 12.2 Å². The number of aromatic nitrogens is 4. The second-order valence-corrected chi connectivity index (χ2v) is 9.09. The lowest BCUT2D eigenvalue weighted by atomic mass is 9.97. The molecule has 158 valence electrons. The minimum absolute atomic E-state index is 0.0509. The molecule has 2 aromatic heterocycles. The number of nitrogen functional groups attached to an aromatic ring is 1. The lowest BCUT2D eigenvalue weighted by molar-refractivity contribution is -0.0788. The fourth-order valence-corrected chi connectivity index (χ4v) is 5.47. The largest absolute Gasteiger partial charge is 0.479 e. The molecule has 11 nitrogen and oxygen atoms in total. The molecule has 5 atom stereocenters. The van der Waals surface area contributed by atoms with Crippen LogP contribution in [0.5, 0.6) is 5.88 Å². The van der Waals surface area contributed by atoms with Gasteiger partial charge in [0.25, 0.3) is 0 Å². The molecule has 1 saturated carbocycles. The van der Waals surface area contributed by atoms with Gasteiger partial charge >= 0.3 is 7.82 Å². The Labute approximate surface area is 165 Å². The number of nitrogens with zero attached hydrogens (tertiary/aromatic N) is 4. The van der Waals surface area contributed by atoms with Crippen molar-refractivity contribution in [1.29, 1.82) is 0 Å². The van der Waals surface area contributed by atoms with Gasteiger partial charge in [-0.3, -0.25) is 18.1 Å². The lowest BCUT2D eigenvalue weighted by Crippen LogP contribution is -2.45. The second-order valence-electron chi connectivity index (χ2n) is 7.52. The Kier molecular flexibility index (Phi) is 4.34. The molecule has 0 aromatic carbocycles. The number of phosphoric ester groups is 1. The second kappa shape index (κ2) is 6.58. The number of methoxy groups -OCH3 is 1. The van der Waals surface area contributed by atoms with Gasteiger partial charge in [-0.15, -0.1) is 0 Å². The molecule has 4 heterocycles. The van der Waals surface area contributed by atoms with E-state index in [2.05, 4.69) is 15.0 Å². The summed E-state index contributed by atoms with van der Waals surface area (Å²) in [6, 6.07) is 0. The van der Waals surface area contributed by atoms with Crippen LogP contribution in [0.3, 0.4) is 0 Å². The zero-order valence-electron chi connectivity index (χ0n) is 15.9. The molecule has 2 aliphatic heterocycles. The summed E-state index contributed by atoms with van der Waals surface area (Å²) < 4.78 is 57.5. The van der Waals surface area contributed by atoms with Crippen LogP contribution < -0.4 is 10.5 Å². The number of imidazole rings is 1. The van der Waals surface area contributed by atoms with E-state index in [1.807, 2.05) is 0 Å². The Morgan fingerprint density at radius 3 is 2.90 bits per heavy atom. The van der Waals surface area contributed by atoms with Gasteiger partial charge in [-0.05, 0) is 26.2 Å². The summed E-state index contributed by atoms with van der Waals surface area (Å²) in [5.74, 6) is 0.116. The molecule has 1 aliphatic carbocycles. The number of hydrogen-bond acceptors (Lipinski definition) is 10. The van der Waals surface area contributed by atoms with Crippen LogP contribution in [0.15, 0.2) is 6.33 Å². The highest BCUT2D eigenvalue weighted by Gasteiger charge is 2.62. The number of nitrogens with two attached hydrogens (primary N) is 1. The van der Waals surface area contributed by atoms with Crippen molar-refractivity contribution in [3.05, 3.63) is 6.33 Å². The van der Waals surface area contributed by atoms with Crippen molar-refractivity contribution in [2.75, 3.05) is 19.5 Å². The zero-order chi connectivity index (χ0) is 20.4. The molecule has 0 spiro atoms. The summed E-state index contributed by atoms with van der Waals surface area (Å²) in [6.45, 7) is 1.20. The molecule has 2 N–H and O–H groups in total. The van der Waals surface area contributed by atoms with E-state index in [4.69, 9.17) is 28.8 Å². The fraction of sp³-hybridized carbons (Fsp3) is 0.688. The topological polar surface area (TPSA) is 133 Å². The van der Waals surface area contributed by atoms with E-state index < -0.39 is 31.9 Å². The first-order valence-corrected chi connectivity index (χ1v) is 10.8. The van der Waals surface area contributed by atoms with E-state index in [-0.39, 0.29) is 30.2 Å². The zero-order valence-corrected chi connectivity index (χ0v) is 16.8. The third kappa shape index (κ3) is 3.01. The van der Waals surface area contributed by atoms with Crippen LogP contribution in [0.1, 0.15) is 32.4 Å². The van der Waals surface area contributed by atoms with Crippen LogP contribution in [0.4, 0.5) is 10.3 Å². The Bertz CT molecular complexity index is 998. The third-order valence-electron chi connectivity index (χ3n) is 5.50. The van der Waals surface area contributed by atoms with Crippen LogP contribution in [0.2, 0.25) is 0 Å². The predicted molar refractivity (Wildman–Crippen MR) is 96.9 cm³/mol. The average Bonchev–Trinajstić information content (AvgIpc) is 3.16. The highest BCUT2D eigenvalue weighted by molar-refractivity contribution is 7.48. The summed E-state index contributed by atoms with van der Waals surface area (Å²) in [7, 11) is -2.45. The molecular weight excluding hydrogens is 408 g/mol. The molecular formula is C16H21FN5O6P. The normalized spacial score (nSPS) is 37.4. The van der Waals surface area contributed by atoms with E-state index in [1.165, 1.54) is 24.9 Å². The number of ether oxygens (including phenoxy) is 2. The minimum atomic E-state index is -3.87. The van der Waals surface area contributed by atoms with Gasteiger partial charge in [-0.1, -0.05) is 0 Å². The summed E-state index contributed by atoms with van der Waals surface area (Å²) in [4.78, 5) is 12.3. The highest BCUT2D eigenvalue weighted by Crippen LogP contribution is 2.61. The maximum Gasteiger partial charge on any atom is 0.475 e. The van der Waals surface area contributed by atoms with Crippen molar-refractivity contribution in [3.63, 3.8) is 0 Å². The number of rotatable bonds is 4. The van der Waals surface area contributed by atoms with E-state index in [0.717, 1.165) is 19.3 Å². The Balaban J connectivity index is 1.47. The highest BCUT2D eigenvalue weighted by atomic mass is 31.2. The molecule has 29 heavy (non-hydrogen) atoms. The fourth-order valence-electron chi connectivity index (χ4n) is 3.78. The molecule has 0 bridgehead atoms. The van der Waals surface area contributed by atoms with Gasteiger partial charge in [0.05, 0.1) is 26.1 Å². The van der Waals surface area contributed by atoms with Crippen molar-refractivity contribution in [2.24, 2.45) is 0 Å². The predicted octanol–water partition coefficient (Wildman–Crippen LogP) is 2.14. The summed E-state index contributed by atoms with van der Waals surface area (Å²) in [6.07, 6.45) is 0.636. The summed E-state index contributed by atoms with van der Waals surface area (Å²) in [5, 5.41) is 0. The molecule has 1 unspecified atom stereocenters. The van der Waals surface area contributed by atoms with Gasteiger partial charge in [-0.25, -0.2) is 13.9 Å². The van der Waals surface area contributed by atoms with Gasteiger partial charge < -0.3 is 15.2 Å². The van der Waals surface area contributed by atoms with E-state index in [9.17, 15) is 4.57 Å². The number of fused-ring (bicyclic) bond motifs is 2. The van der Waals surface area contributed by atoms with Gasteiger partial charge in [0.2, 0.25) is 11.8 Å². The monoisotopic (exact) mass is 429 g/mol. The number of halogens is 1. The van der Waals surface area contributed by atoms with E-state index in [0.29, 0.717) is 5.52 Å². The maximum atomic E-state index is 15.9. The van der Waals surface area contributed by atoms with Gasteiger partial charge in [0.15, 0.2) is 23.1 Å². The van der Waals surface area contributed by atoms with Crippen molar-refractivity contribution in [2.45, 2.75) is 56.4 Å². The molecule has 5 rings (SSSR count). The Morgan fingerprint density at radius 2 is 2.21 bits per heavy atom. The van der Waals surface area contributed by atoms with Crippen LogP contribution in [0.25, 0.3) is 11.2 Å². The molecule has 0 amide bonds. The molecule has 2 saturated heterocycles. The van der Waals surface area contributed by atoms with Gasteiger partial charge in [-0.2, -0.15) is 9.97 Å². The number of alkyl halides is 1. The molecule has 2 aromatic rings. The minimum Gasteiger partial charge on any atom is -0.479 e. The molecule has 13 heteroatoms. The Morgan fingerprint density at radius 1 is 1.41 bits per heavy atom. The first kappa shape index (κ1) is 19.1. The number of hydrogen-bond donors (Lipinski definition) is 1. The molecule has 0 radical (unpaired) electrons.